The number of rotatable bonds is 3. The van der Waals surface area contributed by atoms with Crippen molar-refractivity contribution in [3.05, 3.63) is 71.7 Å². The van der Waals surface area contributed by atoms with E-state index in [4.69, 9.17) is 0 Å². The molecule has 0 aliphatic heterocycles. The van der Waals surface area contributed by atoms with Gasteiger partial charge in [-0.25, -0.2) is 4.39 Å². The van der Waals surface area contributed by atoms with E-state index in [9.17, 15) is 9.18 Å². The number of benzene rings is 2. The van der Waals surface area contributed by atoms with Crippen LogP contribution < -0.4 is 5.32 Å². The standard InChI is InChI=1S/C17H15FN2O/c1-11(12-4-2-5-13(18)10-12)20-17(21)15-6-3-7-16-14(15)8-9-19-16/h2-11,19H,1H3,(H,20,21). The van der Waals surface area contributed by atoms with Crippen LogP contribution in [0.3, 0.4) is 0 Å². The molecule has 2 aromatic carbocycles. The number of nitrogens with one attached hydrogen (secondary N) is 2. The Kier molecular flexibility index (Phi) is 3.44. The van der Waals surface area contributed by atoms with Gasteiger partial charge in [-0.15, -0.1) is 0 Å². The second-order valence-electron chi connectivity index (χ2n) is 4.99. The quantitative estimate of drug-likeness (QED) is 0.754. The molecule has 0 bridgehead atoms. The fourth-order valence-corrected chi connectivity index (χ4v) is 2.42. The average Bonchev–Trinajstić information content (AvgIpc) is 2.95. The Morgan fingerprint density at radius 3 is 2.81 bits per heavy atom. The van der Waals surface area contributed by atoms with Crippen LogP contribution in [-0.4, -0.2) is 10.9 Å². The molecule has 0 fully saturated rings. The zero-order valence-corrected chi connectivity index (χ0v) is 11.6. The van der Waals surface area contributed by atoms with Gasteiger partial charge in [0.25, 0.3) is 5.91 Å². The third-order valence-corrected chi connectivity index (χ3v) is 3.54. The molecule has 2 N–H and O–H groups in total. The van der Waals surface area contributed by atoms with E-state index >= 15 is 0 Å². The zero-order chi connectivity index (χ0) is 14.8. The van der Waals surface area contributed by atoms with Crippen molar-refractivity contribution in [1.82, 2.24) is 10.3 Å². The lowest BCUT2D eigenvalue weighted by Crippen LogP contribution is -2.26. The minimum Gasteiger partial charge on any atom is -0.361 e. The van der Waals surface area contributed by atoms with Crippen molar-refractivity contribution in [3.63, 3.8) is 0 Å². The van der Waals surface area contributed by atoms with Crippen molar-refractivity contribution in [2.75, 3.05) is 0 Å². The van der Waals surface area contributed by atoms with Gasteiger partial charge in [0, 0.05) is 22.7 Å². The maximum absolute atomic E-state index is 13.2. The van der Waals surface area contributed by atoms with Gasteiger partial charge in [-0.3, -0.25) is 4.79 Å². The van der Waals surface area contributed by atoms with Crippen LogP contribution >= 0.6 is 0 Å². The molecule has 0 saturated heterocycles. The van der Waals surface area contributed by atoms with Gasteiger partial charge in [-0.05, 0) is 42.8 Å². The lowest BCUT2D eigenvalue weighted by Gasteiger charge is -2.15. The molecule has 0 saturated carbocycles. The van der Waals surface area contributed by atoms with Crippen molar-refractivity contribution in [2.45, 2.75) is 13.0 Å². The summed E-state index contributed by atoms with van der Waals surface area (Å²) in [6.45, 7) is 1.84. The van der Waals surface area contributed by atoms with E-state index in [-0.39, 0.29) is 17.8 Å². The first-order valence-corrected chi connectivity index (χ1v) is 6.77. The fraction of sp³-hybridized carbons (Fsp3) is 0.118. The number of hydrogen-bond donors (Lipinski definition) is 2. The van der Waals surface area contributed by atoms with Crippen LogP contribution in [0.15, 0.2) is 54.7 Å². The molecule has 106 valence electrons. The summed E-state index contributed by atoms with van der Waals surface area (Å²) in [6, 6.07) is 13.4. The first-order chi connectivity index (χ1) is 10.1. The predicted octanol–water partition coefficient (Wildman–Crippen LogP) is 3.80. The SMILES string of the molecule is CC(NC(=O)c1cccc2[nH]ccc12)c1cccc(F)c1. The number of carbonyl (C=O) groups excluding carboxylic acids is 1. The molecule has 4 heteroatoms. The van der Waals surface area contributed by atoms with Crippen LogP contribution in [0.5, 0.6) is 0 Å². The normalized spacial score (nSPS) is 12.3. The monoisotopic (exact) mass is 282 g/mol. The van der Waals surface area contributed by atoms with E-state index in [1.165, 1.54) is 12.1 Å². The molecule has 3 nitrogen and oxygen atoms in total. The summed E-state index contributed by atoms with van der Waals surface area (Å²) in [6.07, 6.45) is 1.80. The molecule has 0 spiro atoms. The van der Waals surface area contributed by atoms with E-state index in [1.807, 2.05) is 25.1 Å². The molecular weight excluding hydrogens is 267 g/mol. The third kappa shape index (κ3) is 2.65. The highest BCUT2D eigenvalue weighted by molar-refractivity contribution is 6.06. The number of aromatic nitrogens is 1. The van der Waals surface area contributed by atoms with Crippen LogP contribution in [0.4, 0.5) is 4.39 Å². The Hall–Kier alpha value is -2.62. The van der Waals surface area contributed by atoms with Gasteiger partial charge in [-0.2, -0.15) is 0 Å². The van der Waals surface area contributed by atoms with Gasteiger partial charge in [-0.1, -0.05) is 18.2 Å². The van der Waals surface area contributed by atoms with Crippen molar-refractivity contribution >= 4 is 16.8 Å². The van der Waals surface area contributed by atoms with E-state index in [0.717, 1.165) is 16.5 Å². The predicted molar refractivity (Wildman–Crippen MR) is 80.6 cm³/mol. The number of H-pyrrole nitrogens is 1. The maximum Gasteiger partial charge on any atom is 0.252 e. The lowest BCUT2D eigenvalue weighted by atomic mass is 10.1. The van der Waals surface area contributed by atoms with Gasteiger partial charge >= 0.3 is 0 Å². The van der Waals surface area contributed by atoms with E-state index < -0.39 is 0 Å². The molecule has 0 radical (unpaired) electrons. The maximum atomic E-state index is 13.2. The third-order valence-electron chi connectivity index (χ3n) is 3.54. The molecule has 1 unspecified atom stereocenters. The van der Waals surface area contributed by atoms with Crippen LogP contribution in [0.1, 0.15) is 28.9 Å². The average molecular weight is 282 g/mol. The smallest absolute Gasteiger partial charge is 0.252 e. The molecular formula is C17H15FN2O. The summed E-state index contributed by atoms with van der Waals surface area (Å²) in [4.78, 5) is 15.5. The molecule has 1 heterocycles. The summed E-state index contributed by atoms with van der Waals surface area (Å²) in [5.74, 6) is -0.474. The molecule has 1 amide bonds. The van der Waals surface area contributed by atoms with Gasteiger partial charge in [0.1, 0.15) is 5.82 Å². The summed E-state index contributed by atoms with van der Waals surface area (Å²) in [7, 11) is 0. The molecule has 0 aliphatic rings. The zero-order valence-electron chi connectivity index (χ0n) is 11.6. The lowest BCUT2D eigenvalue weighted by molar-refractivity contribution is 0.0941. The highest BCUT2D eigenvalue weighted by Crippen LogP contribution is 2.19. The number of aromatic amines is 1. The Balaban J connectivity index is 1.85. The molecule has 1 aromatic heterocycles. The molecule has 3 rings (SSSR count). The number of carbonyl (C=O) groups is 1. The van der Waals surface area contributed by atoms with Crippen LogP contribution in [0.25, 0.3) is 10.9 Å². The van der Waals surface area contributed by atoms with E-state index in [2.05, 4.69) is 10.3 Å². The fourth-order valence-electron chi connectivity index (χ4n) is 2.42. The van der Waals surface area contributed by atoms with Crippen molar-refractivity contribution in [3.8, 4) is 0 Å². The number of hydrogen-bond acceptors (Lipinski definition) is 1. The van der Waals surface area contributed by atoms with Crippen LogP contribution in [0.2, 0.25) is 0 Å². The minimum atomic E-state index is -0.304. The summed E-state index contributed by atoms with van der Waals surface area (Å²) in [5.41, 5.74) is 2.27. The first kappa shape index (κ1) is 13.4. The Bertz CT molecular complexity index is 794. The minimum absolute atomic E-state index is 0.169. The molecule has 3 aromatic rings. The largest absolute Gasteiger partial charge is 0.361 e. The molecule has 1 atom stereocenters. The van der Waals surface area contributed by atoms with Crippen LogP contribution in [0, 0.1) is 5.82 Å². The first-order valence-electron chi connectivity index (χ1n) is 6.77. The van der Waals surface area contributed by atoms with Gasteiger partial charge in [0.15, 0.2) is 0 Å². The van der Waals surface area contributed by atoms with Crippen molar-refractivity contribution in [1.29, 1.82) is 0 Å². The Morgan fingerprint density at radius 2 is 2.00 bits per heavy atom. The van der Waals surface area contributed by atoms with Crippen molar-refractivity contribution < 1.29 is 9.18 Å². The van der Waals surface area contributed by atoms with Gasteiger partial charge < -0.3 is 10.3 Å². The molecule has 0 aliphatic carbocycles. The van der Waals surface area contributed by atoms with Gasteiger partial charge in [0.2, 0.25) is 0 Å². The second-order valence-corrected chi connectivity index (χ2v) is 4.99. The number of fused-ring (bicyclic) bond motifs is 1. The molecule has 21 heavy (non-hydrogen) atoms. The highest BCUT2D eigenvalue weighted by atomic mass is 19.1. The highest BCUT2D eigenvalue weighted by Gasteiger charge is 2.14. The van der Waals surface area contributed by atoms with E-state index in [0.29, 0.717) is 5.56 Å². The van der Waals surface area contributed by atoms with E-state index in [1.54, 1.807) is 24.4 Å². The topological polar surface area (TPSA) is 44.9 Å². The Morgan fingerprint density at radius 1 is 1.19 bits per heavy atom. The van der Waals surface area contributed by atoms with Crippen LogP contribution in [-0.2, 0) is 0 Å². The van der Waals surface area contributed by atoms with Crippen molar-refractivity contribution in [2.24, 2.45) is 0 Å². The Labute approximate surface area is 121 Å². The second kappa shape index (κ2) is 5.40. The summed E-state index contributed by atoms with van der Waals surface area (Å²) < 4.78 is 13.2. The summed E-state index contributed by atoms with van der Waals surface area (Å²) in [5, 5.41) is 3.78. The van der Waals surface area contributed by atoms with Gasteiger partial charge in [0.05, 0.1) is 6.04 Å². The number of amides is 1. The number of halogens is 1. The summed E-state index contributed by atoms with van der Waals surface area (Å²) >= 11 is 0.